The van der Waals surface area contributed by atoms with Gasteiger partial charge in [-0.05, 0) is 61.8 Å². The van der Waals surface area contributed by atoms with Crippen LogP contribution in [0.5, 0.6) is 17.2 Å². The zero-order valence-corrected chi connectivity index (χ0v) is 18.9. The van der Waals surface area contributed by atoms with Gasteiger partial charge in [0.25, 0.3) is 5.91 Å². The molecule has 1 aromatic carbocycles. The van der Waals surface area contributed by atoms with Crippen molar-refractivity contribution in [3.63, 3.8) is 0 Å². The lowest BCUT2D eigenvalue weighted by atomic mass is 10.0. The van der Waals surface area contributed by atoms with Crippen molar-refractivity contribution in [1.29, 1.82) is 0 Å². The van der Waals surface area contributed by atoms with E-state index < -0.39 is 5.91 Å². The van der Waals surface area contributed by atoms with Gasteiger partial charge >= 0.3 is 5.97 Å². The first-order chi connectivity index (χ1) is 15.5. The molecule has 1 aromatic heterocycles. The SMILES string of the molecule is COc1ccnc(C(=O)NCCCCCCCC(=O)Oc2ccc(C)c(C3CC3)c2)c1O. The standard InChI is InChI=1S/C25H32N2O5/c1-17-9-12-19(16-20(17)18-10-11-18)32-22(28)8-6-4-3-5-7-14-27-25(30)23-24(29)21(31-2)13-15-26-23/h9,12-13,15-16,18,29H,3-8,10-11,14H2,1-2H3,(H,27,30). The van der Waals surface area contributed by atoms with Gasteiger partial charge in [-0.2, -0.15) is 0 Å². The summed E-state index contributed by atoms with van der Waals surface area (Å²) in [6.07, 6.45) is 8.72. The predicted octanol–water partition coefficient (Wildman–Crippen LogP) is 4.66. The molecule has 172 valence electrons. The van der Waals surface area contributed by atoms with E-state index in [0.717, 1.165) is 32.1 Å². The van der Waals surface area contributed by atoms with Crippen LogP contribution >= 0.6 is 0 Å². The number of rotatable bonds is 12. The fourth-order valence-electron chi connectivity index (χ4n) is 3.68. The number of amides is 1. The van der Waals surface area contributed by atoms with Crippen LogP contribution in [0, 0.1) is 6.92 Å². The average molecular weight is 441 g/mol. The summed E-state index contributed by atoms with van der Waals surface area (Å²) in [5.41, 5.74) is 2.53. The number of aromatic nitrogens is 1. The monoisotopic (exact) mass is 440 g/mol. The molecule has 0 atom stereocenters. The van der Waals surface area contributed by atoms with Crippen molar-refractivity contribution in [2.24, 2.45) is 0 Å². The second-order valence-electron chi connectivity index (χ2n) is 8.25. The van der Waals surface area contributed by atoms with Crippen molar-refractivity contribution in [2.45, 2.75) is 64.2 Å². The normalized spacial score (nSPS) is 12.9. The highest BCUT2D eigenvalue weighted by Crippen LogP contribution is 2.42. The summed E-state index contributed by atoms with van der Waals surface area (Å²) >= 11 is 0. The minimum Gasteiger partial charge on any atom is -0.503 e. The highest BCUT2D eigenvalue weighted by molar-refractivity contribution is 5.95. The van der Waals surface area contributed by atoms with Gasteiger partial charge < -0.3 is 19.9 Å². The molecule has 7 heteroatoms. The fraction of sp³-hybridized carbons (Fsp3) is 0.480. The largest absolute Gasteiger partial charge is 0.503 e. The summed E-state index contributed by atoms with van der Waals surface area (Å²) in [6, 6.07) is 7.41. The third kappa shape index (κ3) is 6.70. The lowest BCUT2D eigenvalue weighted by molar-refractivity contribution is -0.134. The van der Waals surface area contributed by atoms with E-state index in [4.69, 9.17) is 9.47 Å². The summed E-state index contributed by atoms with van der Waals surface area (Å²) in [5, 5.41) is 12.7. The van der Waals surface area contributed by atoms with E-state index >= 15 is 0 Å². The molecule has 0 unspecified atom stereocenters. The van der Waals surface area contributed by atoms with Crippen LogP contribution in [-0.2, 0) is 4.79 Å². The van der Waals surface area contributed by atoms with Crippen LogP contribution in [0.25, 0.3) is 0 Å². The Morgan fingerprint density at radius 3 is 2.62 bits per heavy atom. The number of ether oxygens (including phenoxy) is 2. The molecule has 2 N–H and O–H groups in total. The zero-order valence-electron chi connectivity index (χ0n) is 18.9. The van der Waals surface area contributed by atoms with Crippen molar-refractivity contribution in [2.75, 3.05) is 13.7 Å². The van der Waals surface area contributed by atoms with Gasteiger partial charge in [0.1, 0.15) is 5.75 Å². The van der Waals surface area contributed by atoms with E-state index in [2.05, 4.69) is 17.2 Å². The molecule has 1 saturated carbocycles. The molecular formula is C25H32N2O5. The van der Waals surface area contributed by atoms with E-state index in [1.807, 2.05) is 18.2 Å². The average Bonchev–Trinajstić information content (AvgIpc) is 3.62. The Balaban J connectivity index is 1.26. The number of esters is 1. The molecule has 1 aliphatic rings. The molecular weight excluding hydrogens is 408 g/mol. The highest BCUT2D eigenvalue weighted by Gasteiger charge is 2.25. The molecule has 0 saturated heterocycles. The quantitative estimate of drug-likeness (QED) is 0.283. The summed E-state index contributed by atoms with van der Waals surface area (Å²) in [7, 11) is 1.42. The number of nitrogens with one attached hydrogen (secondary N) is 1. The number of carbonyl (C=O) groups is 2. The van der Waals surface area contributed by atoms with E-state index in [9.17, 15) is 14.7 Å². The molecule has 1 heterocycles. The Bertz CT molecular complexity index is 940. The molecule has 7 nitrogen and oxygen atoms in total. The van der Waals surface area contributed by atoms with Crippen LogP contribution in [0.1, 0.15) is 78.9 Å². The number of methoxy groups -OCH3 is 1. The number of benzene rings is 1. The second-order valence-corrected chi connectivity index (χ2v) is 8.25. The van der Waals surface area contributed by atoms with Crippen LogP contribution < -0.4 is 14.8 Å². The Morgan fingerprint density at radius 2 is 1.88 bits per heavy atom. The third-order valence-electron chi connectivity index (χ3n) is 5.67. The lowest BCUT2D eigenvalue weighted by Crippen LogP contribution is -2.25. The minimum atomic E-state index is -0.426. The Labute approximate surface area is 189 Å². The van der Waals surface area contributed by atoms with Gasteiger partial charge in [-0.25, -0.2) is 4.98 Å². The molecule has 0 spiro atoms. The number of pyridine rings is 1. The minimum absolute atomic E-state index is 0.0410. The molecule has 1 aliphatic carbocycles. The van der Waals surface area contributed by atoms with Gasteiger partial charge in [-0.15, -0.1) is 0 Å². The Morgan fingerprint density at radius 1 is 1.12 bits per heavy atom. The number of hydrogen-bond acceptors (Lipinski definition) is 6. The number of aromatic hydroxyl groups is 1. The Kier molecular flexibility index (Phi) is 8.48. The maximum Gasteiger partial charge on any atom is 0.311 e. The third-order valence-corrected chi connectivity index (χ3v) is 5.67. The lowest BCUT2D eigenvalue weighted by Gasteiger charge is -2.09. The van der Waals surface area contributed by atoms with Gasteiger partial charge in [0.15, 0.2) is 17.2 Å². The summed E-state index contributed by atoms with van der Waals surface area (Å²) in [6.45, 7) is 2.60. The number of hydrogen-bond donors (Lipinski definition) is 2. The van der Waals surface area contributed by atoms with Crippen LogP contribution in [-0.4, -0.2) is 35.6 Å². The predicted molar refractivity (Wildman–Crippen MR) is 121 cm³/mol. The molecule has 32 heavy (non-hydrogen) atoms. The van der Waals surface area contributed by atoms with E-state index in [1.54, 1.807) is 0 Å². The number of aryl methyl sites for hydroxylation is 1. The fourth-order valence-corrected chi connectivity index (χ4v) is 3.68. The first-order valence-electron chi connectivity index (χ1n) is 11.3. The molecule has 0 bridgehead atoms. The maximum absolute atomic E-state index is 12.1. The van der Waals surface area contributed by atoms with E-state index in [-0.39, 0.29) is 23.2 Å². The van der Waals surface area contributed by atoms with Crippen molar-refractivity contribution in [1.82, 2.24) is 10.3 Å². The zero-order chi connectivity index (χ0) is 22.9. The van der Waals surface area contributed by atoms with Crippen molar-refractivity contribution in [3.05, 3.63) is 47.3 Å². The summed E-state index contributed by atoms with van der Waals surface area (Å²) < 4.78 is 10.5. The molecule has 3 rings (SSSR count). The highest BCUT2D eigenvalue weighted by atomic mass is 16.5. The number of nitrogens with zero attached hydrogens (tertiary/aromatic N) is 1. The van der Waals surface area contributed by atoms with Gasteiger partial charge in [0.05, 0.1) is 7.11 Å². The van der Waals surface area contributed by atoms with Gasteiger partial charge in [-0.1, -0.05) is 25.3 Å². The maximum atomic E-state index is 12.1. The first kappa shape index (κ1) is 23.6. The van der Waals surface area contributed by atoms with Gasteiger partial charge in [0, 0.05) is 25.2 Å². The van der Waals surface area contributed by atoms with E-state index in [0.29, 0.717) is 24.6 Å². The van der Waals surface area contributed by atoms with Crippen molar-refractivity contribution >= 4 is 11.9 Å². The molecule has 0 radical (unpaired) electrons. The van der Waals surface area contributed by atoms with Crippen LogP contribution in [0.4, 0.5) is 0 Å². The first-order valence-corrected chi connectivity index (χ1v) is 11.3. The van der Waals surface area contributed by atoms with Crippen LogP contribution in [0.15, 0.2) is 30.5 Å². The van der Waals surface area contributed by atoms with Crippen LogP contribution in [0.3, 0.4) is 0 Å². The van der Waals surface area contributed by atoms with Crippen LogP contribution in [0.2, 0.25) is 0 Å². The van der Waals surface area contributed by atoms with Gasteiger partial charge in [0.2, 0.25) is 0 Å². The second kappa shape index (κ2) is 11.5. The van der Waals surface area contributed by atoms with Gasteiger partial charge in [-0.3, -0.25) is 9.59 Å². The topological polar surface area (TPSA) is 97.8 Å². The summed E-state index contributed by atoms with van der Waals surface area (Å²) in [5.74, 6) is 0.632. The molecule has 1 fully saturated rings. The Hall–Kier alpha value is -3.09. The molecule has 2 aromatic rings. The van der Waals surface area contributed by atoms with Crippen molar-refractivity contribution in [3.8, 4) is 17.2 Å². The smallest absolute Gasteiger partial charge is 0.311 e. The molecule has 1 amide bonds. The van der Waals surface area contributed by atoms with E-state index in [1.165, 1.54) is 43.3 Å². The molecule has 0 aliphatic heterocycles. The number of unbranched alkanes of at least 4 members (excludes halogenated alkanes) is 4. The summed E-state index contributed by atoms with van der Waals surface area (Å²) in [4.78, 5) is 28.1. The van der Waals surface area contributed by atoms with Crippen molar-refractivity contribution < 1.29 is 24.2 Å². The number of carbonyl (C=O) groups excluding carboxylic acids is 2.